The molecule has 32 heavy (non-hydrogen) atoms. The van der Waals surface area contributed by atoms with Crippen LogP contribution in [0.3, 0.4) is 0 Å². The summed E-state index contributed by atoms with van der Waals surface area (Å²) in [6.45, 7) is 3.14. The van der Waals surface area contributed by atoms with E-state index in [0.29, 0.717) is 19.3 Å². The lowest BCUT2D eigenvalue weighted by Gasteiger charge is -2.32. The van der Waals surface area contributed by atoms with Crippen LogP contribution in [0.5, 0.6) is 0 Å². The number of aliphatic imine (C=N–C) groups is 1. The van der Waals surface area contributed by atoms with Crippen LogP contribution in [0.4, 0.5) is 26.3 Å². The van der Waals surface area contributed by atoms with Gasteiger partial charge in [-0.3, -0.25) is 14.9 Å². The molecular weight excluding hydrogens is 446 g/mol. The maximum atomic E-state index is 13.2. The quantitative estimate of drug-likeness (QED) is 0.243. The normalized spacial score (nSPS) is 36.9. The smallest absolute Gasteiger partial charge is 0.353 e. The third-order valence-corrected chi connectivity index (χ3v) is 6.02. The molecule has 2 heterocycles. The molecule has 3 aliphatic rings. The van der Waals surface area contributed by atoms with Crippen LogP contribution in [0.25, 0.3) is 0 Å². The summed E-state index contributed by atoms with van der Waals surface area (Å²) >= 11 is 0. The Kier molecular flexibility index (Phi) is 7.57. The number of rotatable bonds is 3. The molecule has 2 saturated heterocycles. The summed E-state index contributed by atoms with van der Waals surface area (Å²) in [5, 5.41) is 5.30. The van der Waals surface area contributed by atoms with Gasteiger partial charge >= 0.3 is 12.4 Å². The van der Waals surface area contributed by atoms with E-state index < -0.39 is 54.4 Å². The SMILES string of the molecule is CC1CC(C(=O)N/C(=N\C2NNC(C(F)(F)F)C2C)NC2CCCC(C(F)(F)F)C2)ON1. The Balaban J connectivity index is 1.74. The fourth-order valence-corrected chi connectivity index (χ4v) is 4.18. The monoisotopic (exact) mass is 474 g/mol. The van der Waals surface area contributed by atoms with Crippen molar-refractivity contribution < 1.29 is 36.0 Å². The number of guanidine groups is 1. The molecule has 3 rings (SSSR count). The van der Waals surface area contributed by atoms with E-state index in [2.05, 4.69) is 32.0 Å². The van der Waals surface area contributed by atoms with Crippen LogP contribution < -0.4 is 27.0 Å². The topological polar surface area (TPSA) is 98.8 Å². The summed E-state index contributed by atoms with van der Waals surface area (Å²) in [5.74, 6) is -3.29. The van der Waals surface area contributed by atoms with E-state index in [-0.39, 0.29) is 24.8 Å². The molecule has 0 aromatic rings. The standard InChI is InChI=1S/C18H28F6N6O2/c1-8-6-12(32-30-8)15(31)27-16(25-11-5-3-4-10(7-11)17(19,20)21)26-14-9(2)13(28-29-14)18(22,23)24/h8-14,28-30H,3-7H2,1-2H3,(H2,25,26,27,31). The number of carbonyl (C=O) groups is 1. The van der Waals surface area contributed by atoms with Crippen LogP contribution in [0.1, 0.15) is 46.0 Å². The number of nitrogens with one attached hydrogen (secondary N) is 5. The number of hydrazine groups is 1. The van der Waals surface area contributed by atoms with Gasteiger partial charge in [0.15, 0.2) is 12.1 Å². The summed E-state index contributed by atoms with van der Waals surface area (Å²) in [7, 11) is 0. The molecule has 8 nitrogen and oxygen atoms in total. The van der Waals surface area contributed by atoms with Crippen LogP contribution in [-0.2, 0) is 9.63 Å². The van der Waals surface area contributed by atoms with E-state index in [1.807, 2.05) is 0 Å². The van der Waals surface area contributed by atoms with Crippen LogP contribution in [0.2, 0.25) is 0 Å². The Morgan fingerprint density at radius 2 is 1.75 bits per heavy atom. The first-order chi connectivity index (χ1) is 14.8. The van der Waals surface area contributed by atoms with Crippen LogP contribution in [0.15, 0.2) is 4.99 Å². The fraction of sp³-hybridized carbons (Fsp3) is 0.889. The molecule has 7 unspecified atom stereocenters. The Morgan fingerprint density at radius 3 is 2.31 bits per heavy atom. The molecule has 0 bridgehead atoms. The Hall–Kier alpha value is -1.64. The third-order valence-electron chi connectivity index (χ3n) is 6.02. The van der Waals surface area contributed by atoms with Crippen LogP contribution >= 0.6 is 0 Å². The van der Waals surface area contributed by atoms with E-state index in [4.69, 9.17) is 4.84 Å². The number of hydrogen-bond acceptors (Lipinski definition) is 6. The maximum absolute atomic E-state index is 13.2. The van der Waals surface area contributed by atoms with Gasteiger partial charge in [-0.2, -0.15) is 31.8 Å². The lowest BCUT2D eigenvalue weighted by molar-refractivity contribution is -0.183. The highest BCUT2D eigenvalue weighted by atomic mass is 19.4. The van der Waals surface area contributed by atoms with Gasteiger partial charge in [0.1, 0.15) is 12.2 Å². The van der Waals surface area contributed by atoms with Crippen molar-refractivity contribution in [3.8, 4) is 0 Å². The molecule has 3 fully saturated rings. The molecule has 2 aliphatic heterocycles. The van der Waals surface area contributed by atoms with Crippen molar-refractivity contribution in [2.24, 2.45) is 16.8 Å². The average molecular weight is 474 g/mol. The number of carbonyl (C=O) groups excluding carboxylic acids is 1. The largest absolute Gasteiger partial charge is 0.405 e. The average Bonchev–Trinajstić information content (AvgIpc) is 3.27. The van der Waals surface area contributed by atoms with Gasteiger partial charge in [0.2, 0.25) is 0 Å². The van der Waals surface area contributed by atoms with E-state index in [0.717, 1.165) is 0 Å². The van der Waals surface area contributed by atoms with E-state index in [1.165, 1.54) is 6.92 Å². The molecule has 1 aliphatic carbocycles. The van der Waals surface area contributed by atoms with Crippen molar-refractivity contribution in [3.05, 3.63) is 0 Å². The van der Waals surface area contributed by atoms with Crippen molar-refractivity contribution in [3.63, 3.8) is 0 Å². The molecule has 7 atom stereocenters. The molecule has 0 aromatic heterocycles. The van der Waals surface area contributed by atoms with Crippen LogP contribution in [-0.4, -0.2) is 54.6 Å². The number of hydroxylamine groups is 1. The minimum atomic E-state index is -4.52. The number of amides is 1. The molecule has 14 heteroatoms. The second-order valence-electron chi connectivity index (χ2n) is 8.69. The number of alkyl halides is 6. The number of halogens is 6. The first kappa shape index (κ1) is 25.0. The molecule has 1 saturated carbocycles. The van der Waals surface area contributed by atoms with Gasteiger partial charge < -0.3 is 5.32 Å². The van der Waals surface area contributed by atoms with Crippen molar-refractivity contribution in [1.82, 2.24) is 27.0 Å². The van der Waals surface area contributed by atoms with Gasteiger partial charge in [-0.15, -0.1) is 0 Å². The lowest BCUT2D eigenvalue weighted by Crippen LogP contribution is -2.51. The fourth-order valence-electron chi connectivity index (χ4n) is 4.18. The highest BCUT2D eigenvalue weighted by molar-refractivity contribution is 5.99. The minimum absolute atomic E-state index is 0.0123. The minimum Gasteiger partial charge on any atom is -0.353 e. The van der Waals surface area contributed by atoms with Crippen molar-refractivity contribution in [2.75, 3.05) is 0 Å². The summed E-state index contributed by atoms with van der Waals surface area (Å²) in [6, 6.07) is -2.59. The van der Waals surface area contributed by atoms with Gasteiger partial charge in [-0.1, -0.05) is 13.3 Å². The third kappa shape index (κ3) is 6.23. The summed E-state index contributed by atoms with van der Waals surface area (Å²) in [5.41, 5.74) is 7.22. The molecule has 184 valence electrons. The van der Waals surface area contributed by atoms with Gasteiger partial charge in [0, 0.05) is 24.4 Å². The van der Waals surface area contributed by atoms with Gasteiger partial charge in [0.05, 0.1) is 5.92 Å². The van der Waals surface area contributed by atoms with E-state index >= 15 is 0 Å². The maximum Gasteiger partial charge on any atom is 0.405 e. The Morgan fingerprint density at radius 1 is 1.03 bits per heavy atom. The summed E-state index contributed by atoms with van der Waals surface area (Å²) in [6.07, 6.45) is -9.89. The highest BCUT2D eigenvalue weighted by Gasteiger charge is 2.49. The summed E-state index contributed by atoms with van der Waals surface area (Å²) < 4.78 is 78.9. The zero-order valence-electron chi connectivity index (χ0n) is 17.6. The van der Waals surface area contributed by atoms with Gasteiger partial charge in [-0.05, 0) is 26.2 Å². The molecule has 0 aromatic carbocycles. The van der Waals surface area contributed by atoms with Crippen molar-refractivity contribution >= 4 is 11.9 Å². The number of nitrogens with zero attached hydrogens (tertiary/aromatic N) is 1. The predicted octanol–water partition coefficient (Wildman–Crippen LogP) is 1.85. The van der Waals surface area contributed by atoms with E-state index in [9.17, 15) is 31.1 Å². The van der Waals surface area contributed by atoms with E-state index in [1.54, 1.807) is 6.92 Å². The number of hydrogen-bond donors (Lipinski definition) is 5. The van der Waals surface area contributed by atoms with Gasteiger partial charge in [-0.25, -0.2) is 15.8 Å². The molecule has 5 N–H and O–H groups in total. The Bertz CT molecular complexity index is 702. The van der Waals surface area contributed by atoms with Crippen LogP contribution in [0, 0.1) is 11.8 Å². The molecular formula is C18H28F6N6O2. The Labute approximate surface area is 181 Å². The first-order valence-corrected chi connectivity index (χ1v) is 10.6. The zero-order chi connectivity index (χ0) is 23.7. The molecule has 0 spiro atoms. The zero-order valence-corrected chi connectivity index (χ0v) is 17.6. The van der Waals surface area contributed by atoms with Gasteiger partial charge in [0.25, 0.3) is 5.91 Å². The predicted molar refractivity (Wildman–Crippen MR) is 102 cm³/mol. The highest BCUT2D eigenvalue weighted by Crippen LogP contribution is 2.37. The molecule has 1 amide bonds. The lowest BCUT2D eigenvalue weighted by atomic mass is 9.85. The van der Waals surface area contributed by atoms with Crippen molar-refractivity contribution in [1.29, 1.82) is 0 Å². The second-order valence-corrected chi connectivity index (χ2v) is 8.69. The molecule has 0 radical (unpaired) electrons. The second kappa shape index (κ2) is 9.69. The summed E-state index contributed by atoms with van der Waals surface area (Å²) in [4.78, 5) is 21.9. The van der Waals surface area contributed by atoms with Crippen molar-refractivity contribution in [2.45, 2.75) is 88.7 Å². The first-order valence-electron chi connectivity index (χ1n) is 10.6.